The summed E-state index contributed by atoms with van der Waals surface area (Å²) >= 11 is 3.54. The standard InChI is InChI=1S/C26H35BrN6O3.C2H6/c1-17-13-18(2)23(20(14-17)16-35)30-24-22(27)15-28-26(31-24)29-21-5-3-19(4-6-21)25(36)33-9-7-32(8-10-33)11-12-34;1-2/h3-6,15,18,20,23,34-35H,1,7-14,16H2,2H3,(H2,28,29,30,31);1-2H3. The number of aliphatic hydroxyl groups excluding tert-OH is 2. The van der Waals surface area contributed by atoms with Gasteiger partial charge >= 0.3 is 0 Å². The summed E-state index contributed by atoms with van der Waals surface area (Å²) < 4.78 is 0.751. The van der Waals surface area contributed by atoms with E-state index in [1.165, 1.54) is 5.57 Å². The van der Waals surface area contributed by atoms with Crippen LogP contribution in [0, 0.1) is 11.8 Å². The molecule has 1 saturated heterocycles. The van der Waals surface area contributed by atoms with Gasteiger partial charge in [-0.25, -0.2) is 4.98 Å². The van der Waals surface area contributed by atoms with Crippen molar-refractivity contribution in [1.82, 2.24) is 19.8 Å². The number of hydrogen-bond donors (Lipinski definition) is 4. The molecule has 3 unspecified atom stereocenters. The molecule has 38 heavy (non-hydrogen) atoms. The summed E-state index contributed by atoms with van der Waals surface area (Å²) in [5.74, 6) is 1.53. The number of carbonyl (C=O) groups excluding carboxylic acids is 1. The number of nitrogens with zero attached hydrogens (tertiary/aromatic N) is 4. The summed E-state index contributed by atoms with van der Waals surface area (Å²) in [4.78, 5) is 25.9. The normalized spacial score (nSPS) is 21.9. The minimum atomic E-state index is 0.0132. The molecular formula is C28H41BrN6O3. The van der Waals surface area contributed by atoms with Crippen LogP contribution in [0.2, 0.25) is 0 Å². The largest absolute Gasteiger partial charge is 0.396 e. The smallest absolute Gasteiger partial charge is 0.253 e. The third-order valence-electron chi connectivity index (χ3n) is 7.03. The van der Waals surface area contributed by atoms with Crippen molar-refractivity contribution in [3.63, 3.8) is 0 Å². The number of allylic oxidation sites excluding steroid dienone is 1. The third kappa shape index (κ3) is 7.75. The topological polar surface area (TPSA) is 114 Å². The van der Waals surface area contributed by atoms with Gasteiger partial charge in [0, 0.05) is 68.7 Å². The van der Waals surface area contributed by atoms with Gasteiger partial charge in [0.25, 0.3) is 5.91 Å². The molecule has 2 aliphatic rings. The highest BCUT2D eigenvalue weighted by molar-refractivity contribution is 9.10. The van der Waals surface area contributed by atoms with Crippen LogP contribution in [-0.4, -0.2) is 87.9 Å². The molecule has 0 spiro atoms. The molecule has 2 aromatic rings. The van der Waals surface area contributed by atoms with Crippen LogP contribution >= 0.6 is 15.9 Å². The average molecular weight is 590 g/mol. The zero-order valence-corrected chi connectivity index (χ0v) is 24.2. The maximum atomic E-state index is 12.9. The number of hydrogen-bond acceptors (Lipinski definition) is 8. The van der Waals surface area contributed by atoms with E-state index in [-0.39, 0.29) is 31.1 Å². The van der Waals surface area contributed by atoms with Crippen LogP contribution in [0.1, 0.15) is 44.0 Å². The maximum Gasteiger partial charge on any atom is 0.253 e. The highest BCUT2D eigenvalue weighted by atomic mass is 79.9. The monoisotopic (exact) mass is 588 g/mol. The summed E-state index contributed by atoms with van der Waals surface area (Å²) in [5, 5.41) is 25.7. The van der Waals surface area contributed by atoms with E-state index < -0.39 is 0 Å². The quantitative estimate of drug-likeness (QED) is 0.340. The molecule has 10 heteroatoms. The lowest BCUT2D eigenvalue weighted by atomic mass is 9.76. The van der Waals surface area contributed by atoms with E-state index in [2.05, 4.69) is 54.9 Å². The lowest BCUT2D eigenvalue weighted by molar-refractivity contribution is 0.0615. The lowest BCUT2D eigenvalue weighted by Crippen LogP contribution is -2.49. The highest BCUT2D eigenvalue weighted by Crippen LogP contribution is 2.35. The summed E-state index contributed by atoms with van der Waals surface area (Å²) in [6.07, 6.45) is 3.42. The summed E-state index contributed by atoms with van der Waals surface area (Å²) in [6.45, 7) is 14.0. The van der Waals surface area contributed by atoms with Crippen molar-refractivity contribution in [3.8, 4) is 0 Å². The molecule has 1 amide bonds. The van der Waals surface area contributed by atoms with Crippen LogP contribution in [0.4, 0.5) is 17.5 Å². The molecule has 3 atom stereocenters. The van der Waals surface area contributed by atoms with Crippen molar-refractivity contribution >= 4 is 39.3 Å². The third-order valence-corrected chi connectivity index (χ3v) is 7.61. The molecule has 2 fully saturated rings. The van der Waals surface area contributed by atoms with E-state index >= 15 is 0 Å². The SMILES string of the molecule is C=C1CC(C)C(Nc2nc(Nc3ccc(C(=O)N4CCN(CCO)CC4)cc3)ncc2Br)C(CO)C1.CC. The van der Waals surface area contributed by atoms with Gasteiger partial charge < -0.3 is 25.7 Å². The Balaban J connectivity index is 0.00000195. The van der Waals surface area contributed by atoms with E-state index in [4.69, 9.17) is 5.11 Å². The van der Waals surface area contributed by atoms with E-state index in [9.17, 15) is 9.90 Å². The number of piperazine rings is 1. The van der Waals surface area contributed by atoms with Crippen LogP contribution in [0.15, 0.2) is 47.1 Å². The second-order valence-electron chi connectivity index (χ2n) is 9.70. The van der Waals surface area contributed by atoms with Gasteiger partial charge in [0.15, 0.2) is 0 Å². The molecule has 1 aliphatic heterocycles. The summed E-state index contributed by atoms with van der Waals surface area (Å²) in [7, 11) is 0. The van der Waals surface area contributed by atoms with Crippen molar-refractivity contribution in [1.29, 1.82) is 0 Å². The zero-order chi connectivity index (χ0) is 27.7. The second kappa shape index (κ2) is 14.6. The molecule has 1 aliphatic carbocycles. The highest BCUT2D eigenvalue weighted by Gasteiger charge is 2.32. The Morgan fingerprint density at radius 2 is 1.82 bits per heavy atom. The number of aromatic nitrogens is 2. The zero-order valence-electron chi connectivity index (χ0n) is 22.7. The molecule has 208 valence electrons. The fraction of sp³-hybridized carbons (Fsp3) is 0.536. The van der Waals surface area contributed by atoms with Gasteiger partial charge in [0.1, 0.15) is 5.82 Å². The van der Waals surface area contributed by atoms with Crippen molar-refractivity contribution in [2.45, 2.75) is 39.7 Å². The number of halogens is 1. The predicted octanol–water partition coefficient (Wildman–Crippen LogP) is 4.13. The first-order chi connectivity index (χ1) is 18.4. The van der Waals surface area contributed by atoms with E-state index in [0.29, 0.717) is 42.9 Å². The minimum absolute atomic E-state index is 0.0132. The van der Waals surface area contributed by atoms with Gasteiger partial charge in [-0.3, -0.25) is 9.69 Å². The molecule has 1 aromatic carbocycles. The van der Waals surface area contributed by atoms with E-state index in [1.807, 2.05) is 43.0 Å². The average Bonchev–Trinajstić information content (AvgIpc) is 2.93. The molecule has 1 aromatic heterocycles. The first-order valence-electron chi connectivity index (χ1n) is 13.4. The lowest BCUT2D eigenvalue weighted by Gasteiger charge is -2.37. The number of anilines is 3. The fourth-order valence-electron chi connectivity index (χ4n) is 5.08. The summed E-state index contributed by atoms with van der Waals surface area (Å²) in [6, 6.07) is 7.40. The van der Waals surface area contributed by atoms with Crippen LogP contribution in [-0.2, 0) is 0 Å². The number of carbonyl (C=O) groups is 1. The van der Waals surface area contributed by atoms with Gasteiger partial charge in [0.2, 0.25) is 5.95 Å². The van der Waals surface area contributed by atoms with Crippen LogP contribution in [0.25, 0.3) is 0 Å². The first-order valence-corrected chi connectivity index (χ1v) is 14.2. The Hall–Kier alpha value is -2.53. The number of amides is 1. The molecular weight excluding hydrogens is 548 g/mol. The van der Waals surface area contributed by atoms with Crippen molar-refractivity contribution in [3.05, 3.63) is 52.7 Å². The molecule has 9 nitrogen and oxygen atoms in total. The summed E-state index contributed by atoms with van der Waals surface area (Å²) in [5.41, 5.74) is 2.59. The van der Waals surface area contributed by atoms with Crippen LogP contribution < -0.4 is 10.6 Å². The number of nitrogens with one attached hydrogen (secondary N) is 2. The van der Waals surface area contributed by atoms with Gasteiger partial charge in [0.05, 0.1) is 11.1 Å². The Bertz CT molecular complexity index is 1060. The Morgan fingerprint density at radius 3 is 2.45 bits per heavy atom. The van der Waals surface area contributed by atoms with Gasteiger partial charge in [-0.1, -0.05) is 32.9 Å². The molecule has 0 bridgehead atoms. The number of rotatable bonds is 8. The van der Waals surface area contributed by atoms with Gasteiger partial charge in [-0.15, -0.1) is 0 Å². The first kappa shape index (κ1) is 30.0. The Morgan fingerprint density at radius 1 is 1.13 bits per heavy atom. The van der Waals surface area contributed by atoms with Crippen LogP contribution in [0.5, 0.6) is 0 Å². The molecule has 1 saturated carbocycles. The number of benzene rings is 1. The molecule has 4 rings (SSSR count). The Kier molecular flexibility index (Phi) is 11.5. The van der Waals surface area contributed by atoms with Crippen LogP contribution in [0.3, 0.4) is 0 Å². The number of β-amino-alcohol motifs (C(OH)–C–C–N with tert-alkyl or cyclic N) is 1. The molecule has 4 N–H and O–H groups in total. The van der Waals surface area contributed by atoms with Crippen molar-refractivity contribution in [2.75, 3.05) is 56.6 Å². The van der Waals surface area contributed by atoms with Crippen molar-refractivity contribution in [2.24, 2.45) is 11.8 Å². The van der Waals surface area contributed by atoms with E-state index in [0.717, 1.165) is 36.1 Å². The van der Waals surface area contributed by atoms with Gasteiger partial charge in [-0.05, 0) is 59.0 Å². The number of aliphatic hydroxyl groups is 2. The van der Waals surface area contributed by atoms with Crippen molar-refractivity contribution < 1.29 is 15.0 Å². The minimum Gasteiger partial charge on any atom is -0.396 e. The Labute approximate surface area is 234 Å². The predicted molar refractivity (Wildman–Crippen MR) is 156 cm³/mol. The maximum absolute atomic E-state index is 12.9. The van der Waals surface area contributed by atoms with Gasteiger partial charge in [-0.2, -0.15) is 4.98 Å². The molecule has 0 radical (unpaired) electrons. The molecule has 2 heterocycles. The second-order valence-corrected chi connectivity index (χ2v) is 10.6. The fourth-order valence-corrected chi connectivity index (χ4v) is 5.38. The van der Waals surface area contributed by atoms with E-state index in [1.54, 1.807) is 6.20 Å².